The molecule has 5 amide bonds. The molecule has 2 aromatic rings. The fraction of sp³-hybridized carbons (Fsp3) is 0.609. The number of imide groups is 1. The van der Waals surface area contributed by atoms with E-state index in [1.54, 1.807) is 7.11 Å². The van der Waals surface area contributed by atoms with E-state index in [4.69, 9.17) is 15.2 Å². The highest BCUT2D eigenvalue weighted by Gasteiger charge is 2.43. The van der Waals surface area contributed by atoms with E-state index in [1.165, 1.54) is 76.9 Å². The van der Waals surface area contributed by atoms with Gasteiger partial charge in [0, 0.05) is 17.8 Å². The SMILES string of the molecule is CCCCCCCCCCCCCCCc1cccc(OC)c1C1C(C(N)=O)=C(CC)NC(=O)N1C(=O)NCCCN1CCC(c2ccc(C(=O)OC)cc2)CC1. The van der Waals surface area contributed by atoms with Crippen molar-refractivity contribution in [3.05, 3.63) is 76.0 Å². The van der Waals surface area contributed by atoms with Gasteiger partial charge in [-0.15, -0.1) is 0 Å². The number of amides is 5. The molecule has 2 aromatic carbocycles. The Morgan fingerprint density at radius 2 is 1.44 bits per heavy atom. The summed E-state index contributed by atoms with van der Waals surface area (Å²) in [7, 11) is 2.95. The lowest BCUT2D eigenvalue weighted by atomic mass is 9.87. The van der Waals surface area contributed by atoms with Gasteiger partial charge in [0.2, 0.25) is 5.91 Å². The topological polar surface area (TPSA) is 143 Å². The molecule has 4 rings (SSSR count). The molecule has 2 aliphatic rings. The van der Waals surface area contributed by atoms with Crippen molar-refractivity contribution in [3.63, 3.8) is 0 Å². The van der Waals surface area contributed by atoms with Crippen LogP contribution in [0.25, 0.3) is 0 Å². The molecule has 2 aliphatic heterocycles. The zero-order valence-electron chi connectivity index (χ0n) is 35.2. The van der Waals surface area contributed by atoms with Crippen LogP contribution in [0.2, 0.25) is 0 Å². The second kappa shape index (κ2) is 24.4. The lowest BCUT2D eigenvalue weighted by Crippen LogP contribution is -2.55. The number of unbranched alkanes of at least 4 members (excludes halogenated alkanes) is 12. The van der Waals surface area contributed by atoms with E-state index < -0.39 is 24.0 Å². The first-order valence-electron chi connectivity index (χ1n) is 21.7. The molecule has 1 fully saturated rings. The second-order valence-electron chi connectivity index (χ2n) is 15.7. The Labute approximate surface area is 341 Å². The van der Waals surface area contributed by atoms with Gasteiger partial charge in [0.05, 0.1) is 25.4 Å². The molecule has 1 atom stereocenters. The van der Waals surface area contributed by atoms with Crippen LogP contribution in [0, 0.1) is 0 Å². The van der Waals surface area contributed by atoms with Crippen LogP contribution < -0.4 is 21.1 Å². The van der Waals surface area contributed by atoms with E-state index in [0.717, 1.165) is 68.6 Å². The number of ether oxygens (including phenoxy) is 2. The number of likely N-dealkylation sites (tertiary alicyclic amines) is 1. The van der Waals surface area contributed by atoms with Crippen LogP contribution in [-0.4, -0.2) is 74.1 Å². The molecule has 2 heterocycles. The number of esters is 1. The molecule has 0 aromatic heterocycles. The Hall–Kier alpha value is -4.38. The maximum Gasteiger partial charge on any atom is 0.337 e. The third kappa shape index (κ3) is 13.3. The predicted octanol–water partition coefficient (Wildman–Crippen LogP) is 9.31. The summed E-state index contributed by atoms with van der Waals surface area (Å²) in [6.45, 7) is 7.12. The molecule has 11 heteroatoms. The third-order valence-electron chi connectivity index (χ3n) is 11.7. The maximum absolute atomic E-state index is 14.0. The number of aryl methyl sites for hydroxylation is 1. The zero-order valence-corrected chi connectivity index (χ0v) is 35.2. The summed E-state index contributed by atoms with van der Waals surface area (Å²) in [5.74, 6) is -0.0840. The minimum atomic E-state index is -1.03. The highest BCUT2D eigenvalue weighted by atomic mass is 16.5. The molecule has 0 saturated carbocycles. The summed E-state index contributed by atoms with van der Waals surface area (Å²) in [6, 6.07) is 11.2. The van der Waals surface area contributed by atoms with Gasteiger partial charge in [0.25, 0.3) is 0 Å². The third-order valence-corrected chi connectivity index (χ3v) is 11.7. The Bertz CT molecular complexity index is 1620. The molecule has 0 bridgehead atoms. The van der Waals surface area contributed by atoms with Crippen molar-refractivity contribution in [2.24, 2.45) is 5.73 Å². The van der Waals surface area contributed by atoms with E-state index in [9.17, 15) is 19.2 Å². The van der Waals surface area contributed by atoms with Crippen molar-refractivity contribution < 1.29 is 28.7 Å². The van der Waals surface area contributed by atoms with Gasteiger partial charge in [-0.2, -0.15) is 0 Å². The number of benzene rings is 2. The van der Waals surface area contributed by atoms with E-state index in [0.29, 0.717) is 47.9 Å². The number of urea groups is 2. The summed E-state index contributed by atoms with van der Waals surface area (Å²) < 4.78 is 10.7. The van der Waals surface area contributed by atoms with Gasteiger partial charge in [0.15, 0.2) is 0 Å². The lowest BCUT2D eigenvalue weighted by molar-refractivity contribution is -0.115. The molecule has 1 saturated heterocycles. The molecule has 57 heavy (non-hydrogen) atoms. The summed E-state index contributed by atoms with van der Waals surface area (Å²) in [5.41, 5.74) is 10.0. The molecule has 0 radical (unpaired) electrons. The number of hydrogen-bond acceptors (Lipinski definition) is 7. The van der Waals surface area contributed by atoms with Crippen molar-refractivity contribution in [1.29, 1.82) is 0 Å². The maximum atomic E-state index is 14.0. The monoisotopic (exact) mass is 788 g/mol. The Morgan fingerprint density at radius 3 is 2.00 bits per heavy atom. The first-order valence-corrected chi connectivity index (χ1v) is 21.7. The van der Waals surface area contributed by atoms with Gasteiger partial charge in [-0.05, 0) is 93.4 Å². The highest BCUT2D eigenvalue weighted by molar-refractivity contribution is 6.03. The summed E-state index contributed by atoms with van der Waals surface area (Å²) in [4.78, 5) is 56.2. The quantitative estimate of drug-likeness (QED) is 0.0711. The average molecular weight is 788 g/mol. The first-order chi connectivity index (χ1) is 27.7. The zero-order chi connectivity index (χ0) is 41.0. The van der Waals surface area contributed by atoms with Gasteiger partial charge >= 0.3 is 18.0 Å². The number of methoxy groups -OCH3 is 2. The van der Waals surface area contributed by atoms with E-state index >= 15 is 0 Å². The minimum absolute atomic E-state index is 0.200. The van der Waals surface area contributed by atoms with Gasteiger partial charge in [-0.25, -0.2) is 19.3 Å². The number of piperidine rings is 1. The molecular formula is C46H69N5O6. The van der Waals surface area contributed by atoms with Crippen LogP contribution in [0.5, 0.6) is 5.75 Å². The van der Waals surface area contributed by atoms with Gasteiger partial charge in [0.1, 0.15) is 11.8 Å². The van der Waals surface area contributed by atoms with Crippen LogP contribution >= 0.6 is 0 Å². The number of nitrogens with two attached hydrogens (primary N) is 1. The van der Waals surface area contributed by atoms with Crippen molar-refractivity contribution in [1.82, 2.24) is 20.4 Å². The largest absolute Gasteiger partial charge is 0.496 e. The fourth-order valence-corrected chi connectivity index (χ4v) is 8.42. The normalized spacial score (nSPS) is 16.4. The number of nitrogens with zero attached hydrogens (tertiary/aromatic N) is 2. The second-order valence-corrected chi connectivity index (χ2v) is 15.7. The summed E-state index contributed by atoms with van der Waals surface area (Å²) >= 11 is 0. The molecule has 11 nitrogen and oxygen atoms in total. The smallest absolute Gasteiger partial charge is 0.337 e. The van der Waals surface area contributed by atoms with Gasteiger partial charge in [-0.1, -0.05) is 115 Å². The van der Waals surface area contributed by atoms with Crippen LogP contribution in [0.1, 0.15) is 162 Å². The van der Waals surface area contributed by atoms with Crippen LogP contribution in [0.3, 0.4) is 0 Å². The van der Waals surface area contributed by atoms with Crippen LogP contribution in [-0.2, 0) is 16.0 Å². The van der Waals surface area contributed by atoms with Crippen LogP contribution in [0.4, 0.5) is 9.59 Å². The Balaban J connectivity index is 1.34. The molecule has 0 aliphatic carbocycles. The molecule has 314 valence electrons. The van der Waals surface area contributed by atoms with Crippen molar-refractivity contribution in [2.45, 2.75) is 141 Å². The summed E-state index contributed by atoms with van der Waals surface area (Å²) in [5, 5.41) is 5.75. The fourth-order valence-electron chi connectivity index (χ4n) is 8.42. The number of hydrogen-bond donors (Lipinski definition) is 3. The van der Waals surface area contributed by atoms with Crippen molar-refractivity contribution in [3.8, 4) is 5.75 Å². The van der Waals surface area contributed by atoms with Crippen LogP contribution in [0.15, 0.2) is 53.7 Å². The number of rotatable bonds is 24. The number of primary amides is 1. The molecule has 0 spiro atoms. The number of allylic oxidation sites excluding steroid dienone is 1. The number of carbonyl (C=O) groups is 4. The molecular weight excluding hydrogens is 719 g/mol. The van der Waals surface area contributed by atoms with Crippen molar-refractivity contribution >= 4 is 23.9 Å². The van der Waals surface area contributed by atoms with E-state index in [1.807, 2.05) is 49.4 Å². The lowest BCUT2D eigenvalue weighted by Gasteiger charge is -2.38. The van der Waals surface area contributed by atoms with Crippen molar-refractivity contribution in [2.75, 3.05) is 40.4 Å². The predicted molar refractivity (Wildman–Crippen MR) is 226 cm³/mol. The van der Waals surface area contributed by atoms with Gasteiger partial charge in [-0.3, -0.25) is 4.79 Å². The van der Waals surface area contributed by atoms with E-state index in [2.05, 4.69) is 22.5 Å². The highest BCUT2D eigenvalue weighted by Crippen LogP contribution is 2.41. The minimum Gasteiger partial charge on any atom is -0.496 e. The Morgan fingerprint density at radius 1 is 0.825 bits per heavy atom. The standard InChI is InChI=1S/C46H69N5O6/c1-5-7-8-9-10-11-12-13-14-15-16-17-18-21-36-22-19-23-39(56-3)40(36)42-41(43(47)52)38(6-2)49-46(55)51(42)45(54)48-30-20-31-50-32-28-35(29-33-50)34-24-26-37(27-25-34)44(53)57-4/h19,22-27,35,42H,5-18,20-21,28-33H2,1-4H3,(H2,47,52)(H,48,54)(H,49,55). The van der Waals surface area contributed by atoms with Gasteiger partial charge < -0.3 is 30.7 Å². The Kier molecular flexibility index (Phi) is 19.4. The summed E-state index contributed by atoms with van der Waals surface area (Å²) in [6.07, 6.45) is 20.2. The first kappa shape index (κ1) is 45.3. The molecule has 4 N–H and O–H groups in total. The number of carbonyl (C=O) groups excluding carboxylic acids is 4. The number of nitrogens with one attached hydrogen (secondary N) is 2. The average Bonchev–Trinajstić information content (AvgIpc) is 3.23. The molecule has 1 unspecified atom stereocenters. The van der Waals surface area contributed by atoms with E-state index in [-0.39, 0.29) is 11.5 Å².